The molecule has 0 bridgehead atoms. The fourth-order valence-electron chi connectivity index (χ4n) is 2.62. The lowest BCUT2D eigenvalue weighted by Crippen LogP contribution is -2.15. The molecule has 0 unspecified atom stereocenters. The Balaban J connectivity index is 1.75. The molecule has 1 aromatic rings. The SMILES string of the molecule is CCOC(=O)c1coc(NC(=O)CCC2CCCCC2)n1. The number of aromatic nitrogens is 1. The van der Waals surface area contributed by atoms with E-state index < -0.39 is 5.97 Å². The monoisotopic (exact) mass is 294 g/mol. The van der Waals surface area contributed by atoms with Crippen LogP contribution in [0.3, 0.4) is 0 Å². The molecule has 21 heavy (non-hydrogen) atoms. The number of rotatable bonds is 6. The molecule has 0 aromatic carbocycles. The summed E-state index contributed by atoms with van der Waals surface area (Å²) >= 11 is 0. The molecule has 0 saturated heterocycles. The van der Waals surface area contributed by atoms with Crippen molar-refractivity contribution in [3.05, 3.63) is 12.0 Å². The van der Waals surface area contributed by atoms with E-state index in [1.807, 2.05) is 0 Å². The summed E-state index contributed by atoms with van der Waals surface area (Å²) in [7, 11) is 0. The van der Waals surface area contributed by atoms with Crippen LogP contribution in [0.2, 0.25) is 0 Å². The molecular formula is C15H22N2O4. The average Bonchev–Trinajstić information content (AvgIpc) is 2.95. The van der Waals surface area contributed by atoms with Crippen molar-refractivity contribution in [3.8, 4) is 0 Å². The maximum absolute atomic E-state index is 11.8. The highest BCUT2D eigenvalue weighted by Crippen LogP contribution is 2.27. The molecule has 0 spiro atoms. The molecular weight excluding hydrogens is 272 g/mol. The molecule has 0 atom stereocenters. The molecule has 6 nitrogen and oxygen atoms in total. The number of hydrogen-bond acceptors (Lipinski definition) is 5. The van der Waals surface area contributed by atoms with Gasteiger partial charge in [-0.15, -0.1) is 0 Å². The van der Waals surface area contributed by atoms with Gasteiger partial charge in [0, 0.05) is 6.42 Å². The molecule has 1 saturated carbocycles. The van der Waals surface area contributed by atoms with Gasteiger partial charge in [0.15, 0.2) is 5.69 Å². The third-order valence-electron chi connectivity index (χ3n) is 3.74. The Morgan fingerprint density at radius 2 is 2.14 bits per heavy atom. The summed E-state index contributed by atoms with van der Waals surface area (Å²) in [5.74, 6) is -0.0223. The Labute approximate surface area is 124 Å². The molecule has 1 aromatic heterocycles. The highest BCUT2D eigenvalue weighted by Gasteiger charge is 2.17. The van der Waals surface area contributed by atoms with Gasteiger partial charge in [-0.25, -0.2) is 4.79 Å². The minimum atomic E-state index is -0.552. The van der Waals surface area contributed by atoms with E-state index in [4.69, 9.17) is 9.15 Å². The normalized spacial score (nSPS) is 15.7. The second kappa shape index (κ2) is 7.81. The number of nitrogens with zero attached hydrogens (tertiary/aromatic N) is 1. The van der Waals surface area contributed by atoms with E-state index in [2.05, 4.69) is 10.3 Å². The van der Waals surface area contributed by atoms with Gasteiger partial charge in [0.05, 0.1) is 6.61 Å². The molecule has 116 valence electrons. The van der Waals surface area contributed by atoms with Crippen LogP contribution in [-0.2, 0) is 9.53 Å². The van der Waals surface area contributed by atoms with Gasteiger partial charge in [0.1, 0.15) is 6.26 Å². The fourth-order valence-corrected chi connectivity index (χ4v) is 2.62. The van der Waals surface area contributed by atoms with E-state index >= 15 is 0 Å². The highest BCUT2D eigenvalue weighted by atomic mass is 16.5. The van der Waals surface area contributed by atoms with Crippen LogP contribution < -0.4 is 5.32 Å². The van der Waals surface area contributed by atoms with Crippen LogP contribution in [0.5, 0.6) is 0 Å². The van der Waals surface area contributed by atoms with E-state index in [1.54, 1.807) is 6.92 Å². The van der Waals surface area contributed by atoms with Crippen LogP contribution in [0.4, 0.5) is 6.01 Å². The Morgan fingerprint density at radius 1 is 1.38 bits per heavy atom. The Hall–Kier alpha value is -1.85. The van der Waals surface area contributed by atoms with Crippen LogP contribution in [0.1, 0.15) is 62.4 Å². The largest absolute Gasteiger partial charge is 0.461 e. The van der Waals surface area contributed by atoms with Gasteiger partial charge >= 0.3 is 12.0 Å². The van der Waals surface area contributed by atoms with E-state index in [0.717, 1.165) is 6.42 Å². The van der Waals surface area contributed by atoms with Crippen molar-refractivity contribution in [2.45, 2.75) is 51.9 Å². The van der Waals surface area contributed by atoms with Crippen LogP contribution in [0.25, 0.3) is 0 Å². The molecule has 6 heteroatoms. The van der Waals surface area contributed by atoms with Crippen molar-refractivity contribution in [1.82, 2.24) is 4.98 Å². The molecule has 1 fully saturated rings. The molecule has 1 aliphatic rings. The number of esters is 1. The van der Waals surface area contributed by atoms with Gasteiger partial charge in [-0.05, 0) is 19.3 Å². The number of carbonyl (C=O) groups is 2. The first-order valence-corrected chi connectivity index (χ1v) is 7.61. The van der Waals surface area contributed by atoms with Crippen LogP contribution in [-0.4, -0.2) is 23.5 Å². The number of hydrogen-bond donors (Lipinski definition) is 1. The second-order valence-electron chi connectivity index (χ2n) is 5.35. The quantitative estimate of drug-likeness (QED) is 0.815. The lowest BCUT2D eigenvalue weighted by molar-refractivity contribution is -0.116. The molecule has 1 amide bonds. The van der Waals surface area contributed by atoms with Gasteiger partial charge in [-0.2, -0.15) is 4.98 Å². The molecule has 0 aliphatic heterocycles. The van der Waals surface area contributed by atoms with Crippen LogP contribution in [0, 0.1) is 5.92 Å². The van der Waals surface area contributed by atoms with Crippen LogP contribution >= 0.6 is 0 Å². The van der Waals surface area contributed by atoms with Crippen molar-refractivity contribution in [1.29, 1.82) is 0 Å². The topological polar surface area (TPSA) is 81.4 Å². The summed E-state index contributed by atoms with van der Waals surface area (Å²) in [6.07, 6.45) is 8.85. The van der Waals surface area contributed by atoms with E-state index in [9.17, 15) is 9.59 Å². The van der Waals surface area contributed by atoms with Gasteiger partial charge in [-0.3, -0.25) is 10.1 Å². The number of amides is 1. The number of carbonyl (C=O) groups excluding carboxylic acids is 2. The predicted octanol–water partition coefficient (Wildman–Crippen LogP) is 3.15. The average molecular weight is 294 g/mol. The number of nitrogens with one attached hydrogen (secondary N) is 1. The maximum Gasteiger partial charge on any atom is 0.360 e. The van der Waals surface area contributed by atoms with Crippen molar-refractivity contribution < 1.29 is 18.7 Å². The second-order valence-corrected chi connectivity index (χ2v) is 5.35. The van der Waals surface area contributed by atoms with Crippen molar-refractivity contribution in [2.75, 3.05) is 11.9 Å². The van der Waals surface area contributed by atoms with E-state index in [-0.39, 0.29) is 24.2 Å². The Morgan fingerprint density at radius 3 is 2.86 bits per heavy atom. The standard InChI is InChI=1S/C15H22N2O4/c1-2-20-14(19)12-10-21-15(16-12)17-13(18)9-8-11-6-4-3-5-7-11/h10-11H,2-9H2,1H3,(H,16,17,18). The summed E-state index contributed by atoms with van der Waals surface area (Å²) < 4.78 is 9.85. The number of oxazole rings is 1. The zero-order chi connectivity index (χ0) is 15.1. The van der Waals surface area contributed by atoms with Gasteiger partial charge in [0.2, 0.25) is 5.91 Å². The van der Waals surface area contributed by atoms with E-state index in [0.29, 0.717) is 12.3 Å². The molecule has 2 rings (SSSR count). The van der Waals surface area contributed by atoms with Gasteiger partial charge in [-0.1, -0.05) is 32.1 Å². The maximum atomic E-state index is 11.8. The smallest absolute Gasteiger partial charge is 0.360 e. The minimum absolute atomic E-state index is 0.0479. The third kappa shape index (κ3) is 4.88. The number of ether oxygens (including phenoxy) is 1. The summed E-state index contributed by atoms with van der Waals surface area (Å²) in [6, 6.07) is 0.0479. The minimum Gasteiger partial charge on any atom is -0.461 e. The summed E-state index contributed by atoms with van der Waals surface area (Å²) in [4.78, 5) is 27.1. The zero-order valence-electron chi connectivity index (χ0n) is 12.4. The highest BCUT2D eigenvalue weighted by molar-refractivity contribution is 5.90. The lowest BCUT2D eigenvalue weighted by atomic mass is 9.86. The first-order chi connectivity index (χ1) is 10.2. The Bertz CT molecular complexity index is 478. The molecule has 0 radical (unpaired) electrons. The zero-order valence-corrected chi connectivity index (χ0v) is 12.4. The Kier molecular flexibility index (Phi) is 5.78. The van der Waals surface area contributed by atoms with Gasteiger partial charge < -0.3 is 9.15 Å². The molecule has 1 aliphatic carbocycles. The van der Waals surface area contributed by atoms with Crippen molar-refractivity contribution in [3.63, 3.8) is 0 Å². The predicted molar refractivity (Wildman–Crippen MR) is 76.9 cm³/mol. The van der Waals surface area contributed by atoms with Crippen molar-refractivity contribution in [2.24, 2.45) is 5.92 Å². The van der Waals surface area contributed by atoms with E-state index in [1.165, 1.54) is 38.4 Å². The summed E-state index contributed by atoms with van der Waals surface area (Å²) in [5, 5.41) is 2.57. The lowest BCUT2D eigenvalue weighted by Gasteiger charge is -2.20. The van der Waals surface area contributed by atoms with Crippen LogP contribution in [0.15, 0.2) is 10.7 Å². The first-order valence-electron chi connectivity index (χ1n) is 7.61. The first kappa shape index (κ1) is 15.5. The molecule has 1 N–H and O–H groups in total. The summed E-state index contributed by atoms with van der Waals surface area (Å²) in [5.41, 5.74) is 0.0689. The van der Waals surface area contributed by atoms with Gasteiger partial charge in [0.25, 0.3) is 0 Å². The third-order valence-corrected chi connectivity index (χ3v) is 3.74. The summed E-state index contributed by atoms with van der Waals surface area (Å²) in [6.45, 7) is 1.99. The molecule has 1 heterocycles. The number of anilines is 1. The fraction of sp³-hybridized carbons (Fsp3) is 0.667. The van der Waals surface area contributed by atoms with Crippen molar-refractivity contribution >= 4 is 17.9 Å².